The molecule has 1 aromatic heterocycles. The summed E-state index contributed by atoms with van der Waals surface area (Å²) in [6.07, 6.45) is 3.22. The van der Waals surface area contributed by atoms with Crippen molar-refractivity contribution in [3.05, 3.63) is 5.69 Å². The van der Waals surface area contributed by atoms with Crippen molar-refractivity contribution >= 4 is 11.7 Å². The van der Waals surface area contributed by atoms with Crippen LogP contribution in [0.5, 0.6) is 0 Å². The molecule has 7 heteroatoms. The summed E-state index contributed by atoms with van der Waals surface area (Å²) in [6.45, 7) is 4.56. The fraction of sp³-hybridized carbons (Fsp3) is 0.750. The van der Waals surface area contributed by atoms with Crippen molar-refractivity contribution < 1.29 is 14.5 Å². The molecular weight excluding hydrogens is 248 g/mol. The second-order valence-corrected chi connectivity index (χ2v) is 6.07. The Balaban J connectivity index is 1.89. The van der Waals surface area contributed by atoms with Crippen LogP contribution >= 0.6 is 0 Å². The zero-order chi connectivity index (χ0) is 14.1. The normalized spacial score (nSPS) is 21.0. The van der Waals surface area contributed by atoms with Crippen molar-refractivity contribution in [2.75, 3.05) is 12.3 Å². The van der Waals surface area contributed by atoms with Crippen LogP contribution in [0.25, 0.3) is 0 Å². The lowest BCUT2D eigenvalue weighted by Crippen LogP contribution is -2.46. The van der Waals surface area contributed by atoms with Gasteiger partial charge >= 0.3 is 0 Å². The highest BCUT2D eigenvalue weighted by Crippen LogP contribution is 2.39. The van der Waals surface area contributed by atoms with E-state index in [1.165, 1.54) is 0 Å². The first-order valence-corrected chi connectivity index (χ1v) is 6.40. The van der Waals surface area contributed by atoms with Crippen LogP contribution in [0.4, 0.5) is 5.82 Å². The lowest BCUT2D eigenvalue weighted by atomic mass is 9.71. The first-order chi connectivity index (χ1) is 8.81. The average molecular weight is 268 g/mol. The van der Waals surface area contributed by atoms with Crippen LogP contribution in [-0.4, -0.2) is 33.5 Å². The van der Waals surface area contributed by atoms with Gasteiger partial charge in [0.25, 0.3) is 5.91 Å². The number of aromatic nitrogens is 2. The van der Waals surface area contributed by atoms with Crippen molar-refractivity contribution in [1.82, 2.24) is 15.6 Å². The molecule has 0 atom stereocenters. The Morgan fingerprint density at radius 1 is 1.37 bits per heavy atom. The summed E-state index contributed by atoms with van der Waals surface area (Å²) in [5.41, 5.74) is 4.80. The predicted octanol–water partition coefficient (Wildman–Crippen LogP) is 0.713. The topological polar surface area (TPSA) is 114 Å². The maximum atomic E-state index is 11.8. The van der Waals surface area contributed by atoms with Gasteiger partial charge < -0.3 is 16.2 Å². The molecule has 0 unspecified atom stereocenters. The molecule has 0 spiro atoms. The number of nitrogens with zero attached hydrogens (tertiary/aromatic N) is 2. The number of nitrogens with one attached hydrogen (secondary N) is 1. The van der Waals surface area contributed by atoms with E-state index in [1.54, 1.807) is 0 Å². The van der Waals surface area contributed by atoms with Crippen LogP contribution in [0.3, 0.4) is 0 Å². The highest BCUT2D eigenvalue weighted by atomic mass is 16.6. The molecule has 7 nitrogen and oxygen atoms in total. The van der Waals surface area contributed by atoms with E-state index < -0.39 is 11.5 Å². The van der Waals surface area contributed by atoms with E-state index in [-0.39, 0.29) is 23.5 Å². The Kier molecular flexibility index (Phi) is 3.49. The molecule has 1 aromatic rings. The standard InChI is InChI=1S/C12H20N4O3/c1-11(2)3-5-12(18,6-4-11)7-14-10(17)8-9(13)16-19-15-8/h18H,3-7H2,1-2H3,(H2,13,16)(H,14,17). The number of hydrogen-bond acceptors (Lipinski definition) is 6. The number of nitrogens with two attached hydrogens (primary N) is 1. The van der Waals surface area contributed by atoms with Gasteiger partial charge in [0.15, 0.2) is 0 Å². The second kappa shape index (κ2) is 4.80. The molecule has 0 aromatic carbocycles. The Hall–Kier alpha value is -1.63. The molecule has 1 aliphatic carbocycles. The van der Waals surface area contributed by atoms with E-state index in [9.17, 15) is 9.90 Å². The molecule has 1 amide bonds. The van der Waals surface area contributed by atoms with E-state index in [2.05, 4.69) is 34.1 Å². The predicted molar refractivity (Wildman–Crippen MR) is 68.2 cm³/mol. The number of anilines is 1. The van der Waals surface area contributed by atoms with E-state index in [4.69, 9.17) is 5.73 Å². The van der Waals surface area contributed by atoms with Crippen LogP contribution < -0.4 is 11.1 Å². The highest BCUT2D eigenvalue weighted by Gasteiger charge is 2.37. The molecule has 2 rings (SSSR count). The Labute approximate surface area is 111 Å². The SMILES string of the molecule is CC1(C)CCC(O)(CNC(=O)c2nonc2N)CC1. The third-order valence-corrected chi connectivity index (χ3v) is 3.84. The highest BCUT2D eigenvalue weighted by molar-refractivity contribution is 5.95. The van der Waals surface area contributed by atoms with Crippen molar-refractivity contribution in [2.45, 2.75) is 45.1 Å². The first kappa shape index (κ1) is 13.8. The second-order valence-electron chi connectivity index (χ2n) is 6.07. The van der Waals surface area contributed by atoms with Gasteiger partial charge in [-0.2, -0.15) is 0 Å². The third-order valence-electron chi connectivity index (χ3n) is 3.84. The van der Waals surface area contributed by atoms with E-state index in [0.717, 1.165) is 12.8 Å². The lowest BCUT2D eigenvalue weighted by Gasteiger charge is -2.40. The molecule has 1 heterocycles. The van der Waals surface area contributed by atoms with Crippen molar-refractivity contribution in [3.63, 3.8) is 0 Å². The maximum absolute atomic E-state index is 11.8. The summed E-state index contributed by atoms with van der Waals surface area (Å²) >= 11 is 0. The van der Waals surface area contributed by atoms with Crippen molar-refractivity contribution in [2.24, 2.45) is 5.41 Å². The zero-order valence-electron chi connectivity index (χ0n) is 11.3. The summed E-state index contributed by atoms with van der Waals surface area (Å²) < 4.78 is 4.36. The molecule has 0 aliphatic heterocycles. The van der Waals surface area contributed by atoms with Crippen molar-refractivity contribution in [3.8, 4) is 0 Å². The van der Waals surface area contributed by atoms with Crippen LogP contribution in [0.1, 0.15) is 50.0 Å². The summed E-state index contributed by atoms with van der Waals surface area (Å²) in [5, 5.41) is 19.8. The monoisotopic (exact) mass is 268 g/mol. The molecule has 106 valence electrons. The number of rotatable bonds is 3. The quantitative estimate of drug-likeness (QED) is 0.744. The first-order valence-electron chi connectivity index (χ1n) is 6.40. The van der Waals surface area contributed by atoms with Gasteiger partial charge in [-0.05, 0) is 41.4 Å². The number of carbonyl (C=O) groups excluding carboxylic acids is 1. The summed E-state index contributed by atoms with van der Waals surface area (Å²) in [4.78, 5) is 11.8. The number of aliphatic hydroxyl groups is 1. The Bertz CT molecular complexity index is 459. The largest absolute Gasteiger partial charge is 0.388 e. The van der Waals surface area contributed by atoms with Gasteiger partial charge in [0, 0.05) is 6.54 Å². The van der Waals surface area contributed by atoms with Crippen LogP contribution in [-0.2, 0) is 0 Å². The van der Waals surface area contributed by atoms with E-state index >= 15 is 0 Å². The van der Waals surface area contributed by atoms with E-state index in [1.807, 2.05) is 0 Å². The lowest BCUT2D eigenvalue weighted by molar-refractivity contribution is -0.0233. The molecule has 0 radical (unpaired) electrons. The summed E-state index contributed by atoms with van der Waals surface area (Å²) in [7, 11) is 0. The van der Waals surface area contributed by atoms with Crippen LogP contribution in [0.15, 0.2) is 4.63 Å². The molecule has 0 saturated heterocycles. The Morgan fingerprint density at radius 2 is 2.00 bits per heavy atom. The van der Waals surface area contributed by atoms with Crippen LogP contribution in [0.2, 0.25) is 0 Å². The molecule has 1 saturated carbocycles. The minimum absolute atomic E-state index is 0.0419. The number of hydrogen-bond donors (Lipinski definition) is 3. The van der Waals surface area contributed by atoms with Gasteiger partial charge in [0.2, 0.25) is 11.5 Å². The minimum atomic E-state index is -0.850. The van der Waals surface area contributed by atoms with Crippen LogP contribution in [0, 0.1) is 5.41 Å². The van der Waals surface area contributed by atoms with E-state index in [0.29, 0.717) is 12.8 Å². The van der Waals surface area contributed by atoms with Gasteiger partial charge in [-0.1, -0.05) is 13.8 Å². The van der Waals surface area contributed by atoms with Gasteiger partial charge in [-0.3, -0.25) is 4.79 Å². The molecule has 1 fully saturated rings. The van der Waals surface area contributed by atoms with Crippen molar-refractivity contribution in [1.29, 1.82) is 0 Å². The van der Waals surface area contributed by atoms with Gasteiger partial charge in [-0.25, -0.2) is 4.63 Å². The Morgan fingerprint density at radius 3 is 2.53 bits per heavy atom. The summed E-state index contributed by atoms with van der Waals surface area (Å²) in [6, 6.07) is 0. The minimum Gasteiger partial charge on any atom is -0.388 e. The molecule has 19 heavy (non-hydrogen) atoms. The molecule has 1 aliphatic rings. The van der Waals surface area contributed by atoms with Gasteiger partial charge in [0.1, 0.15) is 0 Å². The average Bonchev–Trinajstić information content (AvgIpc) is 2.77. The fourth-order valence-corrected chi connectivity index (χ4v) is 2.25. The molecular formula is C12H20N4O3. The zero-order valence-corrected chi connectivity index (χ0v) is 11.3. The summed E-state index contributed by atoms with van der Waals surface area (Å²) in [5.74, 6) is -0.522. The number of amides is 1. The smallest absolute Gasteiger partial charge is 0.277 e. The molecule has 0 bridgehead atoms. The maximum Gasteiger partial charge on any atom is 0.277 e. The number of nitrogen functional groups attached to an aromatic ring is 1. The van der Waals surface area contributed by atoms with Gasteiger partial charge in [0.05, 0.1) is 5.60 Å². The molecule has 4 N–H and O–H groups in total. The number of carbonyl (C=O) groups is 1. The van der Waals surface area contributed by atoms with Gasteiger partial charge in [-0.15, -0.1) is 0 Å². The fourth-order valence-electron chi connectivity index (χ4n) is 2.25. The third kappa shape index (κ3) is 3.23.